The third-order valence-corrected chi connectivity index (χ3v) is 2.91. The number of hydrogen-bond donors (Lipinski definition) is 0. The molecule has 0 radical (unpaired) electrons. The van der Waals surface area contributed by atoms with Gasteiger partial charge in [0.2, 0.25) is 0 Å². The van der Waals surface area contributed by atoms with Gasteiger partial charge in [-0.05, 0) is 19.1 Å². The zero-order valence-corrected chi connectivity index (χ0v) is 11.5. The van der Waals surface area contributed by atoms with Crippen molar-refractivity contribution in [2.24, 2.45) is 0 Å². The second kappa shape index (κ2) is 6.94. The summed E-state index contributed by atoms with van der Waals surface area (Å²) in [6.45, 7) is 2.75. The quantitative estimate of drug-likeness (QED) is 0.457. The number of anilines is 1. The van der Waals surface area contributed by atoms with Gasteiger partial charge in [-0.1, -0.05) is 11.6 Å². The van der Waals surface area contributed by atoms with Gasteiger partial charge in [-0.2, -0.15) is 0 Å². The summed E-state index contributed by atoms with van der Waals surface area (Å²) in [6, 6.07) is 4.48. The Hall–Kier alpha value is -1.82. The third kappa shape index (κ3) is 4.10. The Balaban J connectivity index is 2.97. The molecule has 1 aromatic carbocycles. The molecule has 0 atom stereocenters. The molecule has 0 unspecified atom stereocenters. The van der Waals surface area contributed by atoms with E-state index in [2.05, 4.69) is 4.74 Å². The molecule has 0 bridgehead atoms. The predicted octanol–water partition coefficient (Wildman–Crippen LogP) is 2.64. The molecule has 0 amide bonds. The predicted molar refractivity (Wildman–Crippen MR) is 72.6 cm³/mol. The average molecular weight is 287 g/mol. The van der Waals surface area contributed by atoms with Gasteiger partial charge in [-0.3, -0.25) is 14.9 Å². The molecule has 0 aliphatic rings. The SMILES string of the molecule is CCN(CCC(=O)OC)c1ccc(Cl)cc1[N+](=O)[O-]. The van der Waals surface area contributed by atoms with Gasteiger partial charge in [0.25, 0.3) is 5.69 Å². The number of hydrogen-bond acceptors (Lipinski definition) is 5. The van der Waals surface area contributed by atoms with Gasteiger partial charge in [-0.25, -0.2) is 0 Å². The first-order valence-corrected chi connectivity index (χ1v) is 6.13. The van der Waals surface area contributed by atoms with E-state index in [-0.39, 0.29) is 18.1 Å². The van der Waals surface area contributed by atoms with E-state index in [4.69, 9.17) is 11.6 Å². The topological polar surface area (TPSA) is 72.7 Å². The first-order valence-electron chi connectivity index (χ1n) is 5.75. The largest absolute Gasteiger partial charge is 0.469 e. The number of methoxy groups -OCH3 is 1. The van der Waals surface area contributed by atoms with Crippen LogP contribution in [0.1, 0.15) is 13.3 Å². The average Bonchev–Trinajstić information content (AvgIpc) is 2.40. The van der Waals surface area contributed by atoms with E-state index >= 15 is 0 Å². The number of benzene rings is 1. The minimum absolute atomic E-state index is 0.0702. The van der Waals surface area contributed by atoms with E-state index in [0.717, 1.165) is 0 Å². The second-order valence-electron chi connectivity index (χ2n) is 3.80. The van der Waals surface area contributed by atoms with E-state index in [9.17, 15) is 14.9 Å². The van der Waals surface area contributed by atoms with Crippen LogP contribution in [0.4, 0.5) is 11.4 Å². The summed E-state index contributed by atoms with van der Waals surface area (Å²) >= 11 is 5.76. The maximum atomic E-state index is 11.1. The smallest absolute Gasteiger partial charge is 0.307 e. The Labute approximate surface area is 116 Å². The molecule has 0 fully saturated rings. The summed E-state index contributed by atoms with van der Waals surface area (Å²) in [5.41, 5.74) is 0.375. The molecule has 0 heterocycles. The van der Waals surface area contributed by atoms with Crippen molar-refractivity contribution in [3.8, 4) is 0 Å². The molecule has 0 spiro atoms. The highest BCUT2D eigenvalue weighted by molar-refractivity contribution is 6.30. The number of nitrogens with zero attached hydrogens (tertiary/aromatic N) is 2. The van der Waals surface area contributed by atoms with Gasteiger partial charge in [-0.15, -0.1) is 0 Å². The number of rotatable bonds is 6. The Morgan fingerprint density at radius 3 is 2.74 bits per heavy atom. The third-order valence-electron chi connectivity index (χ3n) is 2.67. The van der Waals surface area contributed by atoms with Crippen LogP contribution >= 0.6 is 11.6 Å². The molecular weight excluding hydrogens is 272 g/mol. The van der Waals surface area contributed by atoms with Crippen LogP contribution in [0.2, 0.25) is 5.02 Å². The molecule has 104 valence electrons. The van der Waals surface area contributed by atoms with Crippen LogP contribution in [0.3, 0.4) is 0 Å². The van der Waals surface area contributed by atoms with Crippen LogP contribution < -0.4 is 4.90 Å². The van der Waals surface area contributed by atoms with Crippen LogP contribution in [0, 0.1) is 10.1 Å². The molecule has 7 heteroatoms. The number of nitro benzene ring substituents is 1. The molecule has 19 heavy (non-hydrogen) atoms. The lowest BCUT2D eigenvalue weighted by Gasteiger charge is -2.22. The first-order chi connectivity index (χ1) is 8.99. The Bertz CT molecular complexity index is 479. The maximum absolute atomic E-state index is 11.1. The fourth-order valence-electron chi connectivity index (χ4n) is 1.69. The summed E-state index contributed by atoms with van der Waals surface area (Å²) in [5, 5.41) is 11.3. The van der Waals surface area contributed by atoms with Crippen LogP contribution in [0.15, 0.2) is 18.2 Å². The van der Waals surface area contributed by atoms with E-state index < -0.39 is 4.92 Å². The van der Waals surface area contributed by atoms with E-state index in [1.807, 2.05) is 6.92 Å². The number of ether oxygens (including phenoxy) is 1. The summed E-state index contributed by atoms with van der Waals surface area (Å²) in [5.74, 6) is -0.352. The number of esters is 1. The Morgan fingerprint density at radius 1 is 1.53 bits per heavy atom. The molecule has 6 nitrogen and oxygen atoms in total. The molecule has 0 aliphatic carbocycles. The van der Waals surface area contributed by atoms with Crippen LogP contribution in [0.25, 0.3) is 0 Å². The molecule has 0 saturated heterocycles. The zero-order chi connectivity index (χ0) is 14.4. The van der Waals surface area contributed by atoms with Gasteiger partial charge < -0.3 is 9.64 Å². The number of carbonyl (C=O) groups is 1. The first kappa shape index (κ1) is 15.2. The fraction of sp³-hybridized carbons (Fsp3) is 0.417. The van der Waals surface area contributed by atoms with Crippen molar-refractivity contribution < 1.29 is 14.5 Å². The van der Waals surface area contributed by atoms with E-state index in [1.165, 1.54) is 13.2 Å². The van der Waals surface area contributed by atoms with Crippen molar-refractivity contribution in [3.63, 3.8) is 0 Å². The summed E-state index contributed by atoms with van der Waals surface area (Å²) in [7, 11) is 1.31. The van der Waals surface area contributed by atoms with Crippen LogP contribution in [-0.2, 0) is 9.53 Å². The van der Waals surface area contributed by atoms with Crippen molar-refractivity contribution in [1.29, 1.82) is 0 Å². The highest BCUT2D eigenvalue weighted by atomic mass is 35.5. The van der Waals surface area contributed by atoms with Crippen LogP contribution in [-0.4, -0.2) is 31.1 Å². The number of carbonyl (C=O) groups excluding carboxylic acids is 1. The Morgan fingerprint density at radius 2 is 2.21 bits per heavy atom. The minimum Gasteiger partial charge on any atom is -0.469 e. The maximum Gasteiger partial charge on any atom is 0.307 e. The molecular formula is C12H15ClN2O4. The summed E-state index contributed by atoms with van der Waals surface area (Å²) in [4.78, 5) is 23.4. The molecule has 0 aliphatic heterocycles. The van der Waals surface area contributed by atoms with E-state index in [0.29, 0.717) is 23.8 Å². The summed E-state index contributed by atoms with van der Waals surface area (Å²) < 4.78 is 4.56. The molecule has 1 aromatic rings. The van der Waals surface area contributed by atoms with Crippen molar-refractivity contribution in [2.75, 3.05) is 25.1 Å². The zero-order valence-electron chi connectivity index (χ0n) is 10.8. The molecule has 0 aromatic heterocycles. The van der Waals surface area contributed by atoms with E-state index in [1.54, 1.807) is 17.0 Å². The van der Waals surface area contributed by atoms with Crippen molar-refractivity contribution in [1.82, 2.24) is 0 Å². The lowest BCUT2D eigenvalue weighted by molar-refractivity contribution is -0.384. The number of halogens is 1. The van der Waals surface area contributed by atoms with Gasteiger partial charge in [0.15, 0.2) is 0 Å². The molecule has 1 rings (SSSR count). The Kier molecular flexibility index (Phi) is 5.57. The van der Waals surface area contributed by atoms with Crippen LogP contribution in [0.5, 0.6) is 0 Å². The van der Waals surface area contributed by atoms with Gasteiger partial charge in [0, 0.05) is 24.2 Å². The second-order valence-corrected chi connectivity index (χ2v) is 4.23. The van der Waals surface area contributed by atoms with Crippen molar-refractivity contribution >= 4 is 28.9 Å². The fourth-order valence-corrected chi connectivity index (χ4v) is 1.85. The molecule has 0 N–H and O–H groups in total. The van der Waals surface area contributed by atoms with Crippen molar-refractivity contribution in [2.45, 2.75) is 13.3 Å². The monoisotopic (exact) mass is 286 g/mol. The minimum atomic E-state index is -0.484. The standard InChI is InChI=1S/C12H15ClN2O4/c1-3-14(7-6-12(16)19-2)10-5-4-9(13)8-11(10)15(17)18/h4-5,8H,3,6-7H2,1-2H3. The normalized spacial score (nSPS) is 10.1. The van der Waals surface area contributed by atoms with Gasteiger partial charge in [0.05, 0.1) is 18.5 Å². The highest BCUT2D eigenvalue weighted by Gasteiger charge is 2.19. The summed E-state index contributed by atoms with van der Waals surface area (Å²) in [6.07, 6.45) is 0.171. The van der Waals surface area contributed by atoms with Gasteiger partial charge in [0.1, 0.15) is 5.69 Å². The lowest BCUT2D eigenvalue weighted by Crippen LogP contribution is -2.26. The van der Waals surface area contributed by atoms with Crippen molar-refractivity contribution in [3.05, 3.63) is 33.3 Å². The highest BCUT2D eigenvalue weighted by Crippen LogP contribution is 2.31. The molecule has 0 saturated carbocycles. The van der Waals surface area contributed by atoms with Gasteiger partial charge >= 0.3 is 5.97 Å². The number of nitro groups is 1. The lowest BCUT2D eigenvalue weighted by atomic mass is 10.2.